The van der Waals surface area contributed by atoms with Gasteiger partial charge >= 0.3 is 11.9 Å². The molecule has 0 amide bonds. The van der Waals surface area contributed by atoms with Crippen molar-refractivity contribution < 1.29 is 24.9 Å². The molecule has 0 aromatic heterocycles. The van der Waals surface area contributed by atoms with E-state index in [0.717, 1.165) is 19.3 Å². The number of carbonyl (C=O) groups is 2. The van der Waals surface area contributed by atoms with Crippen LogP contribution in [0.25, 0.3) is 0 Å². The Morgan fingerprint density at radius 3 is 2.17 bits per heavy atom. The van der Waals surface area contributed by atoms with Gasteiger partial charge in [0.15, 0.2) is 0 Å². The summed E-state index contributed by atoms with van der Waals surface area (Å²) >= 11 is 0. The van der Waals surface area contributed by atoms with Gasteiger partial charge in [-0.05, 0) is 66.2 Å². The third-order valence-corrected chi connectivity index (χ3v) is 3.92. The fraction of sp³-hybridized carbons (Fsp3) is 0.875. The minimum Gasteiger partial charge on any atom is -0.480 e. The van der Waals surface area contributed by atoms with Crippen molar-refractivity contribution in [2.45, 2.75) is 57.5 Å². The largest absolute Gasteiger partial charge is 0.480 e. The fourth-order valence-corrected chi connectivity index (χ4v) is 1.90. The van der Waals surface area contributed by atoms with E-state index >= 15 is 0 Å². The predicted molar refractivity (Wildman–Crippen MR) is 94.1 cm³/mol. The van der Waals surface area contributed by atoms with Crippen molar-refractivity contribution in [3.8, 4) is 0 Å². The Balaban J connectivity index is 0. The number of nitrogens with zero attached hydrogens (tertiary/aromatic N) is 1. The van der Waals surface area contributed by atoms with Gasteiger partial charge in [-0.3, -0.25) is 14.5 Å². The van der Waals surface area contributed by atoms with Crippen LogP contribution in [-0.4, -0.2) is 77.5 Å². The van der Waals surface area contributed by atoms with Gasteiger partial charge in [0.25, 0.3) is 0 Å². The van der Waals surface area contributed by atoms with Crippen LogP contribution >= 0.6 is 0 Å². The van der Waals surface area contributed by atoms with Gasteiger partial charge in [0.2, 0.25) is 0 Å². The molecule has 0 spiro atoms. The highest BCUT2D eigenvalue weighted by atomic mass is 16.4. The maximum Gasteiger partial charge on any atom is 0.323 e. The first-order valence-electron chi connectivity index (χ1n) is 8.35. The van der Waals surface area contributed by atoms with Crippen molar-refractivity contribution in [3.05, 3.63) is 0 Å². The molecular formula is C16H35N3O5. The molecule has 0 aromatic rings. The zero-order valence-electron chi connectivity index (χ0n) is 15.4. The molecule has 0 rings (SSSR count). The molecule has 0 saturated carbocycles. The third kappa shape index (κ3) is 10.5. The van der Waals surface area contributed by atoms with Crippen LogP contribution in [0.2, 0.25) is 0 Å². The third-order valence-electron chi connectivity index (χ3n) is 3.92. The van der Waals surface area contributed by atoms with Gasteiger partial charge in [-0.15, -0.1) is 0 Å². The van der Waals surface area contributed by atoms with Crippen LogP contribution in [0.3, 0.4) is 0 Å². The Hall–Kier alpha value is -1.22. The summed E-state index contributed by atoms with van der Waals surface area (Å²) in [5.41, 5.74) is 4.59. The number of aliphatic hydroxyl groups excluding tert-OH is 1. The smallest absolute Gasteiger partial charge is 0.323 e. The lowest BCUT2D eigenvalue weighted by atomic mass is 9.94. The van der Waals surface area contributed by atoms with Crippen molar-refractivity contribution in [3.63, 3.8) is 0 Å². The molecule has 8 nitrogen and oxygen atoms in total. The average molecular weight is 349 g/mol. The van der Waals surface area contributed by atoms with Crippen LogP contribution in [0.4, 0.5) is 0 Å². The summed E-state index contributed by atoms with van der Waals surface area (Å²) in [5, 5.41) is 28.9. The highest BCUT2D eigenvalue weighted by Gasteiger charge is 2.34. The fourth-order valence-electron chi connectivity index (χ4n) is 1.90. The second-order valence-corrected chi connectivity index (χ2v) is 6.08. The molecule has 0 radical (unpaired) electrons. The highest BCUT2D eigenvalue weighted by Crippen LogP contribution is 2.19. The van der Waals surface area contributed by atoms with Gasteiger partial charge in [-0.2, -0.15) is 0 Å². The molecule has 0 aliphatic heterocycles. The maximum atomic E-state index is 11.0. The summed E-state index contributed by atoms with van der Waals surface area (Å²) in [5.74, 6) is -1.66. The Bertz CT molecular complexity index is 353. The lowest BCUT2D eigenvalue weighted by molar-refractivity contribution is -0.149. The van der Waals surface area contributed by atoms with Gasteiger partial charge in [-0.1, -0.05) is 6.92 Å². The summed E-state index contributed by atoms with van der Waals surface area (Å²) in [6.07, 6.45) is 3.56. The first-order chi connectivity index (χ1) is 11.2. The molecule has 24 heavy (non-hydrogen) atoms. The zero-order valence-corrected chi connectivity index (χ0v) is 15.4. The number of rotatable bonds is 12. The van der Waals surface area contributed by atoms with Crippen LogP contribution in [-0.2, 0) is 9.59 Å². The number of hydrogen-bond acceptors (Lipinski definition) is 6. The predicted octanol–water partition coefficient (Wildman–Crippen LogP) is 0.342. The number of nitrogens with two attached hydrogens (primary N) is 1. The highest BCUT2D eigenvalue weighted by molar-refractivity contribution is 5.78. The van der Waals surface area contributed by atoms with E-state index in [1.165, 1.54) is 0 Å². The summed E-state index contributed by atoms with van der Waals surface area (Å²) < 4.78 is 0. The number of carboxylic acid groups (broad SMARTS) is 2. The molecule has 0 saturated heterocycles. The van der Waals surface area contributed by atoms with E-state index in [1.807, 2.05) is 6.92 Å². The number of nitrogens with one attached hydrogen (secondary N) is 1. The molecule has 144 valence electrons. The van der Waals surface area contributed by atoms with Gasteiger partial charge in [0.1, 0.15) is 11.6 Å². The number of hydrogen-bond donors (Lipinski definition) is 5. The molecule has 0 fully saturated rings. The van der Waals surface area contributed by atoms with E-state index in [4.69, 9.17) is 21.1 Å². The van der Waals surface area contributed by atoms with E-state index in [9.17, 15) is 9.59 Å². The minimum atomic E-state index is -0.896. The first-order valence-corrected chi connectivity index (χ1v) is 8.35. The van der Waals surface area contributed by atoms with Gasteiger partial charge < -0.3 is 26.4 Å². The molecule has 0 bridgehead atoms. The lowest BCUT2D eigenvalue weighted by Crippen LogP contribution is -2.48. The Labute approximate surface area is 145 Å². The molecule has 2 atom stereocenters. The minimum absolute atomic E-state index is 0.0896. The summed E-state index contributed by atoms with van der Waals surface area (Å²) in [6.45, 7) is 4.92. The SMILES string of the molecule is CCCNC(CCO)C(=O)O.CN(C)C(C)(CCCCN)C(=O)O. The molecule has 8 heteroatoms. The second kappa shape index (κ2) is 14.2. The number of likely N-dealkylation sites (N-methyl/N-ethyl adjacent to an activating group) is 1. The number of carboxylic acids is 2. The molecule has 0 aromatic carbocycles. The quantitative estimate of drug-likeness (QED) is 0.318. The van der Waals surface area contributed by atoms with E-state index in [1.54, 1.807) is 25.9 Å². The van der Waals surface area contributed by atoms with Gasteiger partial charge in [0, 0.05) is 6.61 Å². The first kappa shape index (κ1) is 25.0. The van der Waals surface area contributed by atoms with Crippen LogP contribution < -0.4 is 11.1 Å². The molecule has 0 aliphatic carbocycles. The van der Waals surface area contributed by atoms with Crippen molar-refractivity contribution in [2.75, 3.05) is 33.8 Å². The van der Waals surface area contributed by atoms with Crippen molar-refractivity contribution in [1.29, 1.82) is 0 Å². The van der Waals surface area contributed by atoms with E-state index in [2.05, 4.69) is 5.32 Å². The lowest BCUT2D eigenvalue weighted by Gasteiger charge is -2.32. The van der Waals surface area contributed by atoms with Crippen LogP contribution in [0.5, 0.6) is 0 Å². The Kier molecular flexibility index (Phi) is 14.8. The molecule has 6 N–H and O–H groups in total. The van der Waals surface area contributed by atoms with Crippen LogP contribution in [0.15, 0.2) is 0 Å². The number of aliphatic carboxylic acids is 2. The summed E-state index contributed by atoms with van der Waals surface area (Å²) in [6, 6.07) is -0.597. The van der Waals surface area contributed by atoms with E-state index in [0.29, 0.717) is 19.5 Å². The molecule has 2 unspecified atom stereocenters. The standard InChI is InChI=1S/C9H20N2O2.C7H15NO3/c1-9(8(12)13,11(2)3)6-4-5-7-10;1-2-4-8-6(3-5-9)7(10)11/h4-7,10H2,1-3H3,(H,12,13);6,8-9H,2-5H2,1H3,(H,10,11). The van der Waals surface area contributed by atoms with Crippen molar-refractivity contribution >= 4 is 11.9 Å². The monoisotopic (exact) mass is 349 g/mol. The van der Waals surface area contributed by atoms with Crippen LogP contribution in [0.1, 0.15) is 46.0 Å². The van der Waals surface area contributed by atoms with Crippen LogP contribution in [0, 0.1) is 0 Å². The Morgan fingerprint density at radius 1 is 1.25 bits per heavy atom. The summed E-state index contributed by atoms with van der Waals surface area (Å²) in [7, 11) is 3.58. The maximum absolute atomic E-state index is 11.0. The molecule has 0 aliphatic rings. The van der Waals surface area contributed by atoms with E-state index < -0.39 is 23.5 Å². The topological polar surface area (TPSA) is 136 Å². The van der Waals surface area contributed by atoms with Crippen molar-refractivity contribution in [1.82, 2.24) is 10.2 Å². The Morgan fingerprint density at radius 2 is 1.83 bits per heavy atom. The average Bonchev–Trinajstić information content (AvgIpc) is 2.51. The molecule has 0 heterocycles. The normalized spacial score (nSPS) is 14.5. The van der Waals surface area contributed by atoms with Gasteiger partial charge in [-0.25, -0.2) is 0 Å². The van der Waals surface area contributed by atoms with Crippen molar-refractivity contribution in [2.24, 2.45) is 5.73 Å². The number of aliphatic hydroxyl groups is 1. The molecular weight excluding hydrogens is 314 g/mol. The second-order valence-electron chi connectivity index (χ2n) is 6.08. The van der Waals surface area contributed by atoms with Gasteiger partial charge in [0.05, 0.1) is 0 Å². The van der Waals surface area contributed by atoms with E-state index in [-0.39, 0.29) is 13.0 Å². The zero-order chi connectivity index (χ0) is 19.2. The number of unbranched alkanes of at least 4 members (excludes halogenated alkanes) is 1. The summed E-state index contributed by atoms with van der Waals surface area (Å²) in [4.78, 5) is 23.1.